The van der Waals surface area contributed by atoms with Crippen molar-refractivity contribution in [3.8, 4) is 0 Å². The van der Waals surface area contributed by atoms with E-state index in [1.165, 1.54) is 24.0 Å². The van der Waals surface area contributed by atoms with Crippen molar-refractivity contribution in [2.45, 2.75) is 52.6 Å². The molecule has 1 aliphatic rings. The molecule has 0 amide bonds. The molecule has 2 heteroatoms. The Balaban J connectivity index is 2.01. The topological polar surface area (TPSA) is 26.3 Å². The first-order valence-electron chi connectivity index (χ1n) is 6.80. The van der Waals surface area contributed by atoms with Gasteiger partial charge in [0.05, 0.1) is 6.10 Å². The molecule has 0 radical (unpaired) electrons. The number of rotatable bonds is 4. The van der Waals surface area contributed by atoms with Crippen molar-refractivity contribution in [1.82, 2.24) is 0 Å². The van der Waals surface area contributed by atoms with Gasteiger partial charge in [-0.1, -0.05) is 18.9 Å². The molecule has 1 aliphatic carbocycles. The third-order valence-corrected chi connectivity index (χ3v) is 3.89. The van der Waals surface area contributed by atoms with Crippen LogP contribution in [-0.2, 0) is 4.74 Å². The zero-order valence-corrected chi connectivity index (χ0v) is 11.6. The highest BCUT2D eigenvalue weighted by atomic mass is 16.5. The molecule has 1 fully saturated rings. The van der Waals surface area contributed by atoms with E-state index in [2.05, 4.69) is 13.0 Å². The van der Waals surface area contributed by atoms with E-state index in [0.717, 1.165) is 24.0 Å². The molecule has 0 atom stereocenters. The fourth-order valence-electron chi connectivity index (χ4n) is 2.59. The van der Waals surface area contributed by atoms with Gasteiger partial charge >= 0.3 is 0 Å². The lowest BCUT2D eigenvalue weighted by Crippen LogP contribution is -2.16. The molecule has 0 aliphatic heterocycles. The second-order valence-corrected chi connectivity index (χ2v) is 5.39. The summed E-state index contributed by atoms with van der Waals surface area (Å²) in [6, 6.07) is 4.07. The van der Waals surface area contributed by atoms with Crippen LogP contribution < -0.4 is 0 Å². The maximum atomic E-state index is 12.2. The second-order valence-electron chi connectivity index (χ2n) is 5.39. The number of hydrogen-bond donors (Lipinski definition) is 0. The first-order valence-corrected chi connectivity index (χ1v) is 6.80. The van der Waals surface area contributed by atoms with E-state index in [1.807, 2.05) is 19.9 Å². The Hall–Kier alpha value is -1.15. The van der Waals surface area contributed by atoms with Crippen molar-refractivity contribution in [2.75, 3.05) is 6.61 Å². The van der Waals surface area contributed by atoms with Gasteiger partial charge in [-0.3, -0.25) is 4.79 Å². The van der Waals surface area contributed by atoms with Gasteiger partial charge in [0.1, 0.15) is 6.61 Å². The van der Waals surface area contributed by atoms with Gasteiger partial charge in [0.2, 0.25) is 0 Å². The third kappa shape index (κ3) is 2.99. The summed E-state index contributed by atoms with van der Waals surface area (Å²) >= 11 is 0. The zero-order chi connectivity index (χ0) is 13.1. The molecule has 0 heterocycles. The highest BCUT2D eigenvalue weighted by molar-refractivity contribution is 5.98. The number of hydrogen-bond acceptors (Lipinski definition) is 2. The van der Waals surface area contributed by atoms with Crippen LogP contribution in [0.15, 0.2) is 12.1 Å². The molecule has 0 aromatic heterocycles. The Morgan fingerprint density at radius 1 is 1.11 bits per heavy atom. The maximum absolute atomic E-state index is 12.2. The van der Waals surface area contributed by atoms with Gasteiger partial charge in [-0.15, -0.1) is 0 Å². The number of ether oxygens (including phenoxy) is 1. The summed E-state index contributed by atoms with van der Waals surface area (Å²) in [7, 11) is 0. The second kappa shape index (κ2) is 5.66. The molecule has 0 N–H and O–H groups in total. The third-order valence-electron chi connectivity index (χ3n) is 3.89. The van der Waals surface area contributed by atoms with E-state index < -0.39 is 0 Å². The minimum atomic E-state index is 0.113. The Labute approximate surface area is 109 Å². The van der Waals surface area contributed by atoms with E-state index in [0.29, 0.717) is 6.10 Å². The lowest BCUT2D eigenvalue weighted by Gasteiger charge is -2.12. The Bertz CT molecular complexity index is 443. The van der Waals surface area contributed by atoms with Gasteiger partial charge in [0.15, 0.2) is 5.78 Å². The van der Waals surface area contributed by atoms with Crippen LogP contribution in [0.1, 0.15) is 52.7 Å². The van der Waals surface area contributed by atoms with Crippen molar-refractivity contribution >= 4 is 5.78 Å². The molecule has 1 aromatic carbocycles. The van der Waals surface area contributed by atoms with Crippen molar-refractivity contribution in [1.29, 1.82) is 0 Å². The van der Waals surface area contributed by atoms with Crippen molar-refractivity contribution in [3.63, 3.8) is 0 Å². The Morgan fingerprint density at radius 2 is 1.72 bits per heavy atom. The molecule has 1 saturated carbocycles. The molecule has 98 valence electrons. The molecule has 0 unspecified atom stereocenters. The minimum absolute atomic E-state index is 0.113. The van der Waals surface area contributed by atoms with Gasteiger partial charge in [0, 0.05) is 5.56 Å². The number of Topliss-reactive ketones (excluding diaryl/α,β-unsaturated/α-hetero) is 1. The maximum Gasteiger partial charge on any atom is 0.188 e. The van der Waals surface area contributed by atoms with Crippen LogP contribution in [0.5, 0.6) is 0 Å². The van der Waals surface area contributed by atoms with Gasteiger partial charge < -0.3 is 4.74 Å². The van der Waals surface area contributed by atoms with Crippen molar-refractivity contribution in [2.24, 2.45) is 0 Å². The van der Waals surface area contributed by atoms with E-state index in [-0.39, 0.29) is 12.4 Å². The van der Waals surface area contributed by atoms with E-state index in [4.69, 9.17) is 4.74 Å². The molecular formula is C16H22O2. The van der Waals surface area contributed by atoms with Crippen LogP contribution in [-0.4, -0.2) is 18.5 Å². The quantitative estimate of drug-likeness (QED) is 0.756. The average Bonchev–Trinajstić information content (AvgIpc) is 2.84. The molecule has 1 aromatic rings. The van der Waals surface area contributed by atoms with E-state index in [1.54, 1.807) is 0 Å². The number of benzene rings is 1. The van der Waals surface area contributed by atoms with Crippen LogP contribution in [0.2, 0.25) is 0 Å². The fourth-order valence-corrected chi connectivity index (χ4v) is 2.59. The fraction of sp³-hybridized carbons (Fsp3) is 0.562. The number of ketones is 1. The smallest absolute Gasteiger partial charge is 0.188 e. The molecule has 18 heavy (non-hydrogen) atoms. The highest BCUT2D eigenvalue weighted by Gasteiger charge is 2.18. The predicted octanol–water partition coefficient (Wildman–Crippen LogP) is 3.75. The first kappa shape index (κ1) is 13.3. The summed E-state index contributed by atoms with van der Waals surface area (Å²) in [5.41, 5.74) is 4.28. The number of carbonyl (C=O) groups is 1. The van der Waals surface area contributed by atoms with Crippen LogP contribution in [0.3, 0.4) is 0 Å². The standard InChI is InChI=1S/C16H22O2/c1-11-8-13(3)15(9-12(11)2)16(17)10-18-14-6-4-5-7-14/h8-9,14H,4-7,10H2,1-3H3. The SMILES string of the molecule is Cc1cc(C)c(C(=O)COC2CCCC2)cc1C. The lowest BCUT2D eigenvalue weighted by molar-refractivity contribution is 0.0482. The van der Waals surface area contributed by atoms with E-state index in [9.17, 15) is 4.79 Å². The van der Waals surface area contributed by atoms with Gasteiger partial charge in [-0.25, -0.2) is 0 Å². The molecular weight excluding hydrogens is 224 g/mol. The Kier molecular flexibility index (Phi) is 4.18. The van der Waals surface area contributed by atoms with Crippen LogP contribution in [0, 0.1) is 20.8 Å². The zero-order valence-electron chi connectivity index (χ0n) is 11.6. The lowest BCUT2D eigenvalue weighted by atomic mass is 9.98. The van der Waals surface area contributed by atoms with Crippen molar-refractivity contribution < 1.29 is 9.53 Å². The number of aryl methyl sites for hydroxylation is 3. The molecule has 0 spiro atoms. The summed E-state index contributed by atoms with van der Waals surface area (Å²) < 4.78 is 5.69. The van der Waals surface area contributed by atoms with Crippen LogP contribution in [0.25, 0.3) is 0 Å². The largest absolute Gasteiger partial charge is 0.370 e. The van der Waals surface area contributed by atoms with Crippen LogP contribution >= 0.6 is 0 Å². The highest BCUT2D eigenvalue weighted by Crippen LogP contribution is 2.22. The molecule has 0 saturated heterocycles. The minimum Gasteiger partial charge on any atom is -0.370 e. The summed E-state index contributed by atoms with van der Waals surface area (Å²) in [6.45, 7) is 6.35. The average molecular weight is 246 g/mol. The van der Waals surface area contributed by atoms with Gasteiger partial charge in [-0.2, -0.15) is 0 Å². The Morgan fingerprint density at radius 3 is 2.39 bits per heavy atom. The first-order chi connectivity index (χ1) is 8.58. The predicted molar refractivity (Wildman–Crippen MR) is 73.2 cm³/mol. The summed E-state index contributed by atoms with van der Waals surface area (Å²) in [6.07, 6.45) is 5.00. The van der Waals surface area contributed by atoms with Gasteiger partial charge in [-0.05, 0) is 56.4 Å². The summed E-state index contributed by atoms with van der Waals surface area (Å²) in [5, 5.41) is 0. The van der Waals surface area contributed by atoms with Crippen molar-refractivity contribution in [3.05, 3.63) is 34.4 Å². The van der Waals surface area contributed by atoms with Crippen LogP contribution in [0.4, 0.5) is 0 Å². The van der Waals surface area contributed by atoms with E-state index >= 15 is 0 Å². The van der Waals surface area contributed by atoms with Gasteiger partial charge in [0.25, 0.3) is 0 Å². The molecule has 2 rings (SSSR count). The monoisotopic (exact) mass is 246 g/mol. The normalized spacial score (nSPS) is 16.2. The summed E-state index contributed by atoms with van der Waals surface area (Å²) in [5.74, 6) is 0.113. The summed E-state index contributed by atoms with van der Waals surface area (Å²) in [4.78, 5) is 12.2. The molecule has 0 bridgehead atoms. The number of carbonyl (C=O) groups excluding carboxylic acids is 1. The molecule has 2 nitrogen and oxygen atoms in total.